The highest BCUT2D eigenvalue weighted by atomic mass is 32.2. The molecular formula is C15H19N5O3S. The Labute approximate surface area is 139 Å². The summed E-state index contributed by atoms with van der Waals surface area (Å²) in [6, 6.07) is 6.24. The average Bonchev–Trinajstić information content (AvgIpc) is 3.06. The lowest BCUT2D eigenvalue weighted by Gasteiger charge is -2.13. The van der Waals surface area contributed by atoms with Gasteiger partial charge in [-0.2, -0.15) is 5.10 Å². The van der Waals surface area contributed by atoms with Crippen LogP contribution in [0.4, 0.5) is 5.82 Å². The molecule has 0 aliphatic heterocycles. The van der Waals surface area contributed by atoms with E-state index in [1.807, 2.05) is 13.8 Å². The summed E-state index contributed by atoms with van der Waals surface area (Å²) in [6.07, 6.45) is 1.54. The zero-order chi connectivity index (χ0) is 17.6. The largest absolute Gasteiger partial charge is 0.328 e. The highest BCUT2D eigenvalue weighted by Gasteiger charge is 2.19. The van der Waals surface area contributed by atoms with Crippen LogP contribution < -0.4 is 10.4 Å². The van der Waals surface area contributed by atoms with Crippen molar-refractivity contribution in [1.82, 2.24) is 18.9 Å². The standard InChI is InChI=1S/C15H19N5O3S/c1-10(2)20-14(7-8-16-20)17-24(22,23)11-5-6-12-13(9-11)19(4)15(21)18(12)3/h5-10,17H,1-4H3. The van der Waals surface area contributed by atoms with Crippen LogP contribution in [0.5, 0.6) is 0 Å². The SMILES string of the molecule is CC(C)n1nccc1NS(=O)(=O)c1ccc2c(c1)n(C)c(=O)n2C. The summed E-state index contributed by atoms with van der Waals surface area (Å²) in [7, 11) is -0.522. The number of benzene rings is 1. The first-order valence-electron chi connectivity index (χ1n) is 7.44. The molecule has 3 aromatic rings. The molecule has 0 saturated heterocycles. The van der Waals surface area contributed by atoms with Gasteiger partial charge in [-0.25, -0.2) is 17.9 Å². The van der Waals surface area contributed by atoms with Crippen LogP contribution in [0.15, 0.2) is 40.2 Å². The van der Waals surface area contributed by atoms with Crippen molar-refractivity contribution in [1.29, 1.82) is 0 Å². The van der Waals surface area contributed by atoms with Crippen LogP contribution in [0.1, 0.15) is 19.9 Å². The summed E-state index contributed by atoms with van der Waals surface area (Å²) in [5.41, 5.74) is 1.03. The maximum Gasteiger partial charge on any atom is 0.328 e. The van der Waals surface area contributed by atoms with E-state index in [4.69, 9.17) is 0 Å². The van der Waals surface area contributed by atoms with Crippen molar-refractivity contribution in [2.24, 2.45) is 14.1 Å². The van der Waals surface area contributed by atoms with Gasteiger partial charge in [-0.3, -0.25) is 13.9 Å². The number of aromatic nitrogens is 4. The normalized spacial score (nSPS) is 12.2. The van der Waals surface area contributed by atoms with Gasteiger partial charge in [0.2, 0.25) is 0 Å². The maximum atomic E-state index is 12.7. The summed E-state index contributed by atoms with van der Waals surface area (Å²) in [5, 5.41) is 4.11. The van der Waals surface area contributed by atoms with E-state index in [1.54, 1.807) is 37.1 Å². The molecule has 0 saturated carbocycles. The lowest BCUT2D eigenvalue weighted by Crippen LogP contribution is -2.19. The van der Waals surface area contributed by atoms with E-state index in [0.717, 1.165) is 0 Å². The van der Waals surface area contributed by atoms with Crippen LogP contribution in [0.25, 0.3) is 11.0 Å². The number of fused-ring (bicyclic) bond motifs is 1. The number of rotatable bonds is 4. The Morgan fingerprint density at radius 1 is 1.08 bits per heavy atom. The Balaban J connectivity index is 2.07. The Morgan fingerprint density at radius 2 is 1.75 bits per heavy atom. The molecule has 2 heterocycles. The lowest BCUT2D eigenvalue weighted by atomic mass is 10.3. The van der Waals surface area contributed by atoms with Gasteiger partial charge in [-0.15, -0.1) is 0 Å². The number of aryl methyl sites for hydroxylation is 2. The Hall–Kier alpha value is -2.55. The Kier molecular flexibility index (Phi) is 3.75. The predicted molar refractivity (Wildman–Crippen MR) is 91.6 cm³/mol. The number of hydrogen-bond acceptors (Lipinski definition) is 4. The third kappa shape index (κ3) is 2.50. The molecule has 0 spiro atoms. The predicted octanol–water partition coefficient (Wildman–Crippen LogP) is 1.46. The maximum absolute atomic E-state index is 12.7. The van der Waals surface area contributed by atoms with Gasteiger partial charge in [0.25, 0.3) is 10.0 Å². The molecule has 0 atom stereocenters. The minimum Gasteiger partial charge on any atom is -0.295 e. The van der Waals surface area contributed by atoms with Gasteiger partial charge < -0.3 is 0 Å². The molecule has 3 rings (SSSR count). The first-order chi connectivity index (χ1) is 11.2. The molecule has 9 heteroatoms. The molecule has 0 aliphatic rings. The number of nitrogens with zero attached hydrogens (tertiary/aromatic N) is 4. The Bertz CT molecular complexity index is 1070. The molecule has 0 amide bonds. The topological polar surface area (TPSA) is 90.9 Å². The van der Waals surface area contributed by atoms with Crippen molar-refractivity contribution >= 4 is 26.9 Å². The van der Waals surface area contributed by atoms with E-state index in [0.29, 0.717) is 16.9 Å². The van der Waals surface area contributed by atoms with E-state index >= 15 is 0 Å². The van der Waals surface area contributed by atoms with Crippen LogP contribution in [0, 0.1) is 0 Å². The van der Waals surface area contributed by atoms with Crippen LogP contribution in [0.2, 0.25) is 0 Å². The van der Waals surface area contributed by atoms with Crippen LogP contribution in [0.3, 0.4) is 0 Å². The smallest absolute Gasteiger partial charge is 0.295 e. The summed E-state index contributed by atoms with van der Waals surface area (Å²) in [4.78, 5) is 12.1. The molecule has 0 bridgehead atoms. The summed E-state index contributed by atoms with van der Waals surface area (Å²) in [6.45, 7) is 3.83. The molecule has 24 heavy (non-hydrogen) atoms. The molecule has 128 valence electrons. The molecule has 2 aromatic heterocycles. The number of nitrogens with one attached hydrogen (secondary N) is 1. The number of hydrogen-bond donors (Lipinski definition) is 1. The molecule has 0 radical (unpaired) electrons. The van der Waals surface area contributed by atoms with Crippen molar-refractivity contribution in [2.75, 3.05) is 4.72 Å². The van der Waals surface area contributed by atoms with Crippen molar-refractivity contribution < 1.29 is 8.42 Å². The number of anilines is 1. The first kappa shape index (κ1) is 16.3. The van der Waals surface area contributed by atoms with Crippen molar-refractivity contribution in [3.05, 3.63) is 40.9 Å². The molecule has 1 aromatic carbocycles. The zero-order valence-corrected chi connectivity index (χ0v) is 14.7. The van der Waals surface area contributed by atoms with Gasteiger partial charge in [0, 0.05) is 26.2 Å². The van der Waals surface area contributed by atoms with Crippen molar-refractivity contribution in [3.63, 3.8) is 0 Å². The average molecular weight is 349 g/mol. The highest BCUT2D eigenvalue weighted by molar-refractivity contribution is 7.92. The van der Waals surface area contributed by atoms with Gasteiger partial charge in [-0.05, 0) is 32.0 Å². The Morgan fingerprint density at radius 3 is 2.42 bits per heavy atom. The van der Waals surface area contributed by atoms with Gasteiger partial charge >= 0.3 is 5.69 Å². The molecule has 8 nitrogen and oxygen atoms in total. The van der Waals surface area contributed by atoms with Crippen LogP contribution in [-0.2, 0) is 24.1 Å². The molecule has 0 aliphatic carbocycles. The quantitative estimate of drug-likeness (QED) is 0.772. The van der Waals surface area contributed by atoms with Gasteiger partial charge in [0.05, 0.1) is 22.1 Å². The second kappa shape index (κ2) is 5.52. The fourth-order valence-corrected chi connectivity index (χ4v) is 3.73. The highest BCUT2D eigenvalue weighted by Crippen LogP contribution is 2.21. The van der Waals surface area contributed by atoms with E-state index in [9.17, 15) is 13.2 Å². The lowest BCUT2D eigenvalue weighted by molar-refractivity contribution is 0.539. The van der Waals surface area contributed by atoms with Crippen molar-refractivity contribution in [2.45, 2.75) is 24.8 Å². The number of sulfonamides is 1. The summed E-state index contributed by atoms with van der Waals surface area (Å²) >= 11 is 0. The minimum atomic E-state index is -3.79. The summed E-state index contributed by atoms with van der Waals surface area (Å²) in [5.74, 6) is 0.395. The molecule has 1 N–H and O–H groups in total. The van der Waals surface area contributed by atoms with Gasteiger partial charge in [0.15, 0.2) is 0 Å². The second-order valence-corrected chi connectivity index (χ2v) is 7.59. The third-order valence-electron chi connectivity index (χ3n) is 3.95. The summed E-state index contributed by atoms with van der Waals surface area (Å²) < 4.78 is 32.4. The van der Waals surface area contributed by atoms with Crippen molar-refractivity contribution in [3.8, 4) is 0 Å². The van der Waals surface area contributed by atoms with E-state index in [2.05, 4.69) is 9.82 Å². The van der Waals surface area contributed by atoms with Gasteiger partial charge in [-0.1, -0.05) is 0 Å². The molecule has 0 fully saturated rings. The fraction of sp³-hybridized carbons (Fsp3) is 0.333. The monoisotopic (exact) mass is 349 g/mol. The number of imidazole rings is 1. The van der Waals surface area contributed by atoms with E-state index in [1.165, 1.54) is 21.3 Å². The first-order valence-corrected chi connectivity index (χ1v) is 8.92. The molecule has 0 unspecified atom stereocenters. The van der Waals surface area contributed by atoms with E-state index < -0.39 is 10.0 Å². The van der Waals surface area contributed by atoms with Gasteiger partial charge in [0.1, 0.15) is 5.82 Å². The second-order valence-electron chi connectivity index (χ2n) is 5.91. The fourth-order valence-electron chi connectivity index (χ4n) is 2.66. The zero-order valence-electron chi connectivity index (χ0n) is 13.9. The van der Waals surface area contributed by atoms with Crippen LogP contribution >= 0.6 is 0 Å². The third-order valence-corrected chi connectivity index (χ3v) is 5.30. The minimum absolute atomic E-state index is 0.0233. The van der Waals surface area contributed by atoms with E-state index in [-0.39, 0.29) is 16.6 Å². The molecular weight excluding hydrogens is 330 g/mol. The van der Waals surface area contributed by atoms with Crippen LogP contribution in [-0.4, -0.2) is 27.3 Å².